The summed E-state index contributed by atoms with van der Waals surface area (Å²) in [4.78, 5) is 32.3. The highest BCUT2D eigenvalue weighted by Crippen LogP contribution is 2.29. The molecule has 1 N–H and O–H groups in total. The molecule has 152 valence electrons. The number of nitro groups is 1. The molecule has 2 aromatic carbocycles. The molecule has 0 aliphatic rings. The molecular weight excluding hydrogens is 386 g/mol. The van der Waals surface area contributed by atoms with Crippen LogP contribution >= 0.6 is 0 Å². The molecule has 4 rings (SSSR count). The van der Waals surface area contributed by atoms with Gasteiger partial charge in [-0.25, -0.2) is 14.6 Å². The summed E-state index contributed by atoms with van der Waals surface area (Å²) < 4.78 is 3.21. The van der Waals surface area contributed by atoms with E-state index in [0.29, 0.717) is 5.95 Å². The predicted molar refractivity (Wildman–Crippen MR) is 111 cm³/mol. The first kappa shape index (κ1) is 19.2. The van der Waals surface area contributed by atoms with Crippen molar-refractivity contribution in [1.82, 2.24) is 24.3 Å². The zero-order chi connectivity index (χ0) is 21.5. The number of amides is 1. The number of aromatic nitrogens is 5. The van der Waals surface area contributed by atoms with Crippen LogP contribution in [0.3, 0.4) is 0 Å². The second-order valence-corrected chi connectivity index (χ2v) is 7.69. The third-order valence-corrected chi connectivity index (χ3v) is 4.56. The molecule has 0 fully saturated rings. The van der Waals surface area contributed by atoms with E-state index in [0.717, 1.165) is 11.0 Å². The standard InChI is InChI=1S/C20H19N7O3/c1-20(2,3)26-15-7-5-4-6-14(15)23-19(26)24-18(28)13-8-9-16(17(10-13)27(29)30)25-12-21-11-22-25/h4-12H,1-3H3,(H,23,24,28). The Morgan fingerprint density at radius 1 is 1.17 bits per heavy atom. The van der Waals surface area contributed by atoms with E-state index < -0.39 is 10.8 Å². The van der Waals surface area contributed by atoms with Gasteiger partial charge in [0, 0.05) is 17.2 Å². The third-order valence-electron chi connectivity index (χ3n) is 4.56. The van der Waals surface area contributed by atoms with E-state index in [4.69, 9.17) is 0 Å². The number of para-hydroxylation sites is 2. The number of imidazole rings is 1. The first-order valence-electron chi connectivity index (χ1n) is 9.18. The van der Waals surface area contributed by atoms with Crippen LogP contribution < -0.4 is 5.32 Å². The van der Waals surface area contributed by atoms with Crippen molar-refractivity contribution in [1.29, 1.82) is 0 Å². The van der Waals surface area contributed by atoms with E-state index in [-0.39, 0.29) is 22.5 Å². The molecule has 0 spiro atoms. The minimum absolute atomic E-state index is 0.137. The number of nitrogens with one attached hydrogen (secondary N) is 1. The molecule has 2 heterocycles. The molecule has 0 atom stereocenters. The summed E-state index contributed by atoms with van der Waals surface area (Å²) in [7, 11) is 0. The highest BCUT2D eigenvalue weighted by Gasteiger charge is 2.24. The van der Waals surface area contributed by atoms with Gasteiger partial charge in [0.25, 0.3) is 11.6 Å². The smallest absolute Gasteiger partial charge is 0.295 e. The van der Waals surface area contributed by atoms with Gasteiger partial charge in [0.2, 0.25) is 5.95 Å². The summed E-state index contributed by atoms with van der Waals surface area (Å²) in [6.45, 7) is 6.03. The molecule has 30 heavy (non-hydrogen) atoms. The molecule has 2 aromatic heterocycles. The average Bonchev–Trinajstić information content (AvgIpc) is 3.34. The Morgan fingerprint density at radius 3 is 2.60 bits per heavy atom. The number of nitrogens with zero attached hydrogens (tertiary/aromatic N) is 6. The summed E-state index contributed by atoms with van der Waals surface area (Å²) in [5.41, 5.74) is 1.39. The molecule has 0 radical (unpaired) electrons. The maximum atomic E-state index is 12.9. The van der Waals surface area contributed by atoms with Crippen molar-refractivity contribution in [2.24, 2.45) is 0 Å². The normalized spacial score (nSPS) is 11.6. The van der Waals surface area contributed by atoms with Crippen LogP contribution in [0.4, 0.5) is 11.6 Å². The number of rotatable bonds is 4. The van der Waals surface area contributed by atoms with E-state index in [1.807, 2.05) is 49.6 Å². The van der Waals surface area contributed by atoms with Gasteiger partial charge in [-0.2, -0.15) is 5.10 Å². The maximum Gasteiger partial charge on any atom is 0.295 e. The van der Waals surface area contributed by atoms with Gasteiger partial charge >= 0.3 is 0 Å². The van der Waals surface area contributed by atoms with Gasteiger partial charge in [-0.05, 0) is 45.0 Å². The Labute approximate surface area is 171 Å². The van der Waals surface area contributed by atoms with Crippen LogP contribution in [-0.4, -0.2) is 35.1 Å². The molecule has 10 nitrogen and oxygen atoms in total. The van der Waals surface area contributed by atoms with Crippen LogP contribution in [0.15, 0.2) is 55.1 Å². The number of carbonyl (C=O) groups is 1. The number of nitro benzene ring substituents is 1. The molecule has 0 saturated carbocycles. The Balaban J connectivity index is 1.73. The highest BCUT2D eigenvalue weighted by molar-refractivity contribution is 6.04. The number of anilines is 1. The van der Waals surface area contributed by atoms with Gasteiger partial charge in [0.1, 0.15) is 18.3 Å². The first-order valence-corrected chi connectivity index (χ1v) is 9.18. The minimum Gasteiger partial charge on any atom is -0.305 e. The Morgan fingerprint density at radius 2 is 1.93 bits per heavy atom. The quantitative estimate of drug-likeness (QED) is 0.409. The second-order valence-electron chi connectivity index (χ2n) is 7.69. The second kappa shape index (κ2) is 7.07. The molecule has 0 unspecified atom stereocenters. The van der Waals surface area contributed by atoms with Crippen LogP contribution in [0.1, 0.15) is 31.1 Å². The number of fused-ring (bicyclic) bond motifs is 1. The molecule has 10 heteroatoms. The third kappa shape index (κ3) is 3.39. The van der Waals surface area contributed by atoms with Gasteiger partial charge in [-0.3, -0.25) is 20.2 Å². The molecule has 1 amide bonds. The van der Waals surface area contributed by atoms with Gasteiger partial charge in [0.15, 0.2) is 0 Å². The number of benzene rings is 2. The topological polar surface area (TPSA) is 121 Å². The molecule has 0 aliphatic heterocycles. The van der Waals surface area contributed by atoms with Crippen LogP contribution in [0.25, 0.3) is 16.7 Å². The maximum absolute atomic E-state index is 12.9. The number of carbonyl (C=O) groups excluding carboxylic acids is 1. The fourth-order valence-electron chi connectivity index (χ4n) is 3.30. The van der Waals surface area contributed by atoms with Gasteiger partial charge in [-0.15, -0.1) is 0 Å². The Bertz CT molecular complexity index is 1250. The number of hydrogen-bond donors (Lipinski definition) is 1. The van der Waals surface area contributed by atoms with Crippen molar-refractivity contribution in [3.63, 3.8) is 0 Å². The first-order chi connectivity index (χ1) is 14.3. The van der Waals surface area contributed by atoms with E-state index in [1.165, 1.54) is 35.5 Å². The van der Waals surface area contributed by atoms with Crippen LogP contribution in [-0.2, 0) is 5.54 Å². The molecular formula is C20H19N7O3. The van der Waals surface area contributed by atoms with Crippen molar-refractivity contribution in [2.45, 2.75) is 26.3 Å². The van der Waals surface area contributed by atoms with Crippen molar-refractivity contribution in [2.75, 3.05) is 5.32 Å². The fourth-order valence-corrected chi connectivity index (χ4v) is 3.30. The van der Waals surface area contributed by atoms with E-state index in [1.54, 1.807) is 0 Å². The largest absolute Gasteiger partial charge is 0.305 e. The molecule has 0 bridgehead atoms. The summed E-state index contributed by atoms with van der Waals surface area (Å²) in [6.07, 6.45) is 2.63. The zero-order valence-electron chi connectivity index (χ0n) is 16.6. The molecule has 4 aromatic rings. The summed E-state index contributed by atoms with van der Waals surface area (Å²) >= 11 is 0. The van der Waals surface area contributed by atoms with Crippen molar-refractivity contribution < 1.29 is 9.72 Å². The highest BCUT2D eigenvalue weighted by atomic mass is 16.6. The van der Waals surface area contributed by atoms with Gasteiger partial charge < -0.3 is 4.57 Å². The lowest BCUT2D eigenvalue weighted by molar-refractivity contribution is -0.384. The lowest BCUT2D eigenvalue weighted by Crippen LogP contribution is -2.26. The molecule has 0 saturated heterocycles. The predicted octanol–water partition coefficient (Wildman–Crippen LogP) is 3.53. The Kier molecular flexibility index (Phi) is 4.53. The SMILES string of the molecule is CC(C)(C)n1c(NC(=O)c2ccc(-n3cncn3)c([N+](=O)[O-])c2)nc2ccccc21. The van der Waals surface area contributed by atoms with Crippen LogP contribution in [0, 0.1) is 10.1 Å². The average molecular weight is 405 g/mol. The summed E-state index contributed by atoms with van der Waals surface area (Å²) in [5, 5.41) is 18.3. The van der Waals surface area contributed by atoms with Gasteiger partial charge in [-0.1, -0.05) is 12.1 Å². The van der Waals surface area contributed by atoms with Crippen molar-refractivity contribution >= 4 is 28.6 Å². The van der Waals surface area contributed by atoms with Crippen LogP contribution in [0.2, 0.25) is 0 Å². The number of hydrogen-bond acceptors (Lipinski definition) is 6. The fraction of sp³-hybridized carbons (Fsp3) is 0.200. The van der Waals surface area contributed by atoms with Crippen molar-refractivity contribution in [3.8, 4) is 5.69 Å². The lowest BCUT2D eigenvalue weighted by atomic mass is 10.1. The summed E-state index contributed by atoms with van der Waals surface area (Å²) in [5.74, 6) is -0.124. The lowest BCUT2D eigenvalue weighted by Gasteiger charge is -2.24. The summed E-state index contributed by atoms with van der Waals surface area (Å²) in [6, 6.07) is 11.8. The van der Waals surface area contributed by atoms with Gasteiger partial charge in [0.05, 0.1) is 16.0 Å². The minimum atomic E-state index is -0.557. The van der Waals surface area contributed by atoms with E-state index in [9.17, 15) is 14.9 Å². The van der Waals surface area contributed by atoms with E-state index >= 15 is 0 Å². The zero-order valence-corrected chi connectivity index (χ0v) is 16.6. The monoisotopic (exact) mass is 405 g/mol. The van der Waals surface area contributed by atoms with E-state index in [2.05, 4.69) is 20.4 Å². The van der Waals surface area contributed by atoms with Crippen molar-refractivity contribution in [3.05, 3.63) is 70.8 Å². The Hall–Kier alpha value is -4.08. The molecule has 0 aliphatic carbocycles. The van der Waals surface area contributed by atoms with Crippen LogP contribution in [0.5, 0.6) is 0 Å².